The van der Waals surface area contributed by atoms with Crippen LogP contribution in [0.5, 0.6) is 0 Å². The molecule has 0 saturated carbocycles. The van der Waals surface area contributed by atoms with Crippen molar-refractivity contribution in [1.82, 2.24) is 4.90 Å². The molecule has 0 aromatic heterocycles. The second kappa shape index (κ2) is 5.65. The summed E-state index contributed by atoms with van der Waals surface area (Å²) in [6, 6.07) is 7.40. The Hall–Kier alpha value is -2.17. The van der Waals surface area contributed by atoms with Crippen molar-refractivity contribution in [3.63, 3.8) is 0 Å². The van der Waals surface area contributed by atoms with E-state index >= 15 is 0 Å². The molecule has 0 unspecified atom stereocenters. The molecule has 2 amide bonds. The molecular formula is C14H16N2O3. The number of aryl methyl sites for hydroxylation is 1. The lowest BCUT2D eigenvalue weighted by atomic mass is 10.1. The molecule has 1 aliphatic rings. The first kappa shape index (κ1) is 13.3. The minimum absolute atomic E-state index is 0.0629. The molecule has 1 heterocycles. The SMILES string of the molecule is CN1CC(=O)N(c2ccccc2CCC=O)CC1=O. The number of hydrogen-bond acceptors (Lipinski definition) is 3. The maximum Gasteiger partial charge on any atom is 0.247 e. The van der Waals surface area contributed by atoms with E-state index in [1.165, 1.54) is 9.80 Å². The van der Waals surface area contributed by atoms with E-state index in [0.29, 0.717) is 12.8 Å². The van der Waals surface area contributed by atoms with E-state index in [0.717, 1.165) is 17.5 Å². The molecule has 1 aromatic rings. The number of hydrogen-bond donors (Lipinski definition) is 0. The highest BCUT2D eigenvalue weighted by atomic mass is 16.2. The topological polar surface area (TPSA) is 57.7 Å². The minimum Gasteiger partial charge on any atom is -0.335 e. The summed E-state index contributed by atoms with van der Waals surface area (Å²) < 4.78 is 0. The van der Waals surface area contributed by atoms with Crippen LogP contribution in [-0.2, 0) is 20.8 Å². The van der Waals surface area contributed by atoms with Gasteiger partial charge in [-0.2, -0.15) is 0 Å². The Labute approximate surface area is 111 Å². The van der Waals surface area contributed by atoms with Crippen molar-refractivity contribution in [3.05, 3.63) is 29.8 Å². The van der Waals surface area contributed by atoms with E-state index < -0.39 is 0 Å². The number of para-hydroxylation sites is 1. The molecule has 0 aliphatic carbocycles. The molecular weight excluding hydrogens is 244 g/mol. The van der Waals surface area contributed by atoms with Crippen molar-refractivity contribution >= 4 is 23.8 Å². The second-order valence-electron chi connectivity index (χ2n) is 4.56. The van der Waals surface area contributed by atoms with Crippen molar-refractivity contribution < 1.29 is 14.4 Å². The van der Waals surface area contributed by atoms with Crippen molar-refractivity contribution in [2.45, 2.75) is 12.8 Å². The highest BCUT2D eigenvalue weighted by Crippen LogP contribution is 2.23. The van der Waals surface area contributed by atoms with E-state index in [1.54, 1.807) is 7.05 Å². The third kappa shape index (κ3) is 2.81. The standard InChI is InChI=1S/C14H16N2O3/c1-15-9-14(19)16(10-13(15)18)12-7-3-2-5-11(12)6-4-8-17/h2-3,5,7-8H,4,6,9-10H2,1H3. The number of benzene rings is 1. The highest BCUT2D eigenvalue weighted by molar-refractivity contribution is 6.04. The Morgan fingerprint density at radius 2 is 1.89 bits per heavy atom. The third-order valence-electron chi connectivity index (χ3n) is 3.21. The van der Waals surface area contributed by atoms with Crippen LogP contribution in [0.2, 0.25) is 0 Å². The molecule has 1 aliphatic heterocycles. The summed E-state index contributed by atoms with van der Waals surface area (Å²) in [5.74, 6) is -0.176. The van der Waals surface area contributed by atoms with E-state index in [4.69, 9.17) is 0 Å². The molecule has 19 heavy (non-hydrogen) atoms. The Kier molecular flexibility index (Phi) is 3.94. The van der Waals surface area contributed by atoms with E-state index in [2.05, 4.69) is 0 Å². The van der Waals surface area contributed by atoms with Gasteiger partial charge < -0.3 is 14.6 Å². The average molecular weight is 260 g/mol. The van der Waals surface area contributed by atoms with Crippen LogP contribution in [0.3, 0.4) is 0 Å². The van der Waals surface area contributed by atoms with Crippen molar-refractivity contribution in [3.8, 4) is 0 Å². The average Bonchev–Trinajstić information content (AvgIpc) is 2.41. The van der Waals surface area contributed by atoms with Crippen LogP contribution in [0.1, 0.15) is 12.0 Å². The Balaban J connectivity index is 2.27. The molecule has 0 N–H and O–H groups in total. The minimum atomic E-state index is -0.0966. The zero-order valence-corrected chi connectivity index (χ0v) is 10.8. The number of piperazine rings is 1. The molecule has 2 rings (SSSR count). The molecule has 1 saturated heterocycles. The van der Waals surface area contributed by atoms with Gasteiger partial charge in [0.1, 0.15) is 12.8 Å². The van der Waals surface area contributed by atoms with E-state index in [9.17, 15) is 14.4 Å². The molecule has 100 valence electrons. The summed E-state index contributed by atoms with van der Waals surface area (Å²) in [5, 5.41) is 0. The lowest BCUT2D eigenvalue weighted by Gasteiger charge is -2.32. The first-order valence-corrected chi connectivity index (χ1v) is 6.19. The number of carbonyl (C=O) groups excluding carboxylic acids is 3. The smallest absolute Gasteiger partial charge is 0.247 e. The fourth-order valence-corrected chi connectivity index (χ4v) is 2.14. The summed E-state index contributed by atoms with van der Waals surface area (Å²) in [6.45, 7) is 0.161. The molecule has 1 aromatic carbocycles. The summed E-state index contributed by atoms with van der Waals surface area (Å²) >= 11 is 0. The number of anilines is 1. The molecule has 5 heteroatoms. The Morgan fingerprint density at radius 1 is 1.16 bits per heavy atom. The number of amides is 2. The summed E-state index contributed by atoms with van der Waals surface area (Å²) in [4.78, 5) is 37.2. The number of nitrogens with zero attached hydrogens (tertiary/aromatic N) is 2. The number of likely N-dealkylation sites (N-methyl/N-ethyl adjacent to an activating group) is 1. The van der Waals surface area contributed by atoms with Gasteiger partial charge in [-0.25, -0.2) is 0 Å². The fourth-order valence-electron chi connectivity index (χ4n) is 2.14. The van der Waals surface area contributed by atoms with Gasteiger partial charge in [-0.15, -0.1) is 0 Å². The lowest BCUT2D eigenvalue weighted by molar-refractivity contribution is -0.136. The monoisotopic (exact) mass is 260 g/mol. The summed E-state index contributed by atoms with van der Waals surface area (Å²) in [6.07, 6.45) is 1.84. The van der Waals surface area contributed by atoms with Crippen LogP contribution < -0.4 is 4.90 Å². The van der Waals surface area contributed by atoms with Gasteiger partial charge in [0, 0.05) is 19.2 Å². The van der Waals surface area contributed by atoms with Gasteiger partial charge in [0.2, 0.25) is 11.8 Å². The number of rotatable bonds is 4. The zero-order valence-electron chi connectivity index (χ0n) is 10.8. The van der Waals surface area contributed by atoms with Crippen molar-refractivity contribution in [1.29, 1.82) is 0 Å². The van der Waals surface area contributed by atoms with Gasteiger partial charge in [0.25, 0.3) is 0 Å². The Morgan fingerprint density at radius 3 is 2.63 bits per heavy atom. The van der Waals surface area contributed by atoms with Crippen LogP contribution in [0.25, 0.3) is 0 Å². The van der Waals surface area contributed by atoms with Gasteiger partial charge in [-0.05, 0) is 18.1 Å². The summed E-state index contributed by atoms with van der Waals surface area (Å²) in [5.41, 5.74) is 1.65. The number of carbonyl (C=O) groups is 3. The van der Waals surface area contributed by atoms with Gasteiger partial charge in [-0.1, -0.05) is 18.2 Å². The predicted octanol–water partition coefficient (Wildman–Crippen LogP) is 0.623. The fraction of sp³-hybridized carbons (Fsp3) is 0.357. The lowest BCUT2D eigenvalue weighted by Crippen LogP contribution is -2.52. The van der Waals surface area contributed by atoms with Crippen molar-refractivity contribution in [2.75, 3.05) is 25.0 Å². The van der Waals surface area contributed by atoms with Gasteiger partial charge >= 0.3 is 0 Å². The normalized spacial score (nSPS) is 15.8. The van der Waals surface area contributed by atoms with E-state index in [1.807, 2.05) is 24.3 Å². The van der Waals surface area contributed by atoms with Crippen molar-refractivity contribution in [2.24, 2.45) is 0 Å². The third-order valence-corrected chi connectivity index (χ3v) is 3.21. The van der Waals surface area contributed by atoms with Crippen LogP contribution in [-0.4, -0.2) is 43.1 Å². The molecule has 0 spiro atoms. The quantitative estimate of drug-likeness (QED) is 0.746. The molecule has 5 nitrogen and oxygen atoms in total. The largest absolute Gasteiger partial charge is 0.335 e. The van der Waals surface area contributed by atoms with Crippen LogP contribution in [0.15, 0.2) is 24.3 Å². The van der Waals surface area contributed by atoms with Gasteiger partial charge in [0.15, 0.2) is 0 Å². The Bertz CT molecular complexity index is 513. The molecule has 0 radical (unpaired) electrons. The predicted molar refractivity (Wildman–Crippen MR) is 70.8 cm³/mol. The van der Waals surface area contributed by atoms with Gasteiger partial charge in [-0.3, -0.25) is 9.59 Å². The van der Waals surface area contributed by atoms with Crippen LogP contribution in [0, 0.1) is 0 Å². The molecule has 0 atom stereocenters. The second-order valence-corrected chi connectivity index (χ2v) is 4.56. The zero-order chi connectivity index (χ0) is 13.8. The van der Waals surface area contributed by atoms with Gasteiger partial charge in [0.05, 0.1) is 6.54 Å². The van der Waals surface area contributed by atoms with E-state index in [-0.39, 0.29) is 24.9 Å². The molecule has 1 fully saturated rings. The van der Waals surface area contributed by atoms with Crippen LogP contribution in [0.4, 0.5) is 5.69 Å². The van der Waals surface area contributed by atoms with Crippen LogP contribution >= 0.6 is 0 Å². The molecule has 0 bridgehead atoms. The summed E-state index contributed by atoms with van der Waals surface area (Å²) in [7, 11) is 1.62. The number of aldehydes is 1. The highest BCUT2D eigenvalue weighted by Gasteiger charge is 2.29. The maximum atomic E-state index is 12.0. The maximum absolute atomic E-state index is 12.0. The first-order valence-electron chi connectivity index (χ1n) is 6.19. The first-order chi connectivity index (χ1) is 9.13.